The molecule has 0 spiro atoms. The van der Waals surface area contributed by atoms with E-state index in [9.17, 15) is 29.4 Å². The largest absolute Gasteiger partial charge is 0.480 e. The highest BCUT2D eigenvalue weighted by atomic mass is 16.7. The smallest absolute Gasteiger partial charge is 0.349 e. The molecule has 0 saturated heterocycles. The van der Waals surface area contributed by atoms with Gasteiger partial charge in [-0.15, -0.1) is 0 Å². The summed E-state index contributed by atoms with van der Waals surface area (Å²) in [6, 6.07) is 4.83. The molecule has 10 heteroatoms. The van der Waals surface area contributed by atoms with Crippen molar-refractivity contribution in [2.45, 2.75) is 58.3 Å². The fourth-order valence-electron chi connectivity index (χ4n) is 2.71. The molecule has 0 radical (unpaired) electrons. The number of hydroxylamine groups is 2. The standard InChI is InChI=1S/C20H29N3O7/c1-11(2)16(19(27)28)22-18(26)17(12(3)24)23(13(4)25)30-20(29)15(21)10-14-8-6-5-7-9-14/h5-9,11-12,15-17,24H,10,21H2,1-4H3,(H,22,26)(H,27,28)/t12-,15+,16+,17+/m1/s1. The average molecular weight is 423 g/mol. The lowest BCUT2D eigenvalue weighted by Crippen LogP contribution is -2.58. The number of carboxylic acids is 1. The van der Waals surface area contributed by atoms with Gasteiger partial charge in [0, 0.05) is 6.92 Å². The van der Waals surface area contributed by atoms with Crippen molar-refractivity contribution < 1.29 is 34.2 Å². The maximum Gasteiger partial charge on any atom is 0.349 e. The second kappa shape index (κ2) is 11.3. The van der Waals surface area contributed by atoms with Gasteiger partial charge in [0.15, 0.2) is 6.04 Å². The Morgan fingerprint density at radius 1 is 1.13 bits per heavy atom. The quantitative estimate of drug-likeness (QED) is 0.399. The number of rotatable bonds is 9. The number of hydrogen-bond donors (Lipinski definition) is 4. The molecule has 0 unspecified atom stereocenters. The molecule has 0 bridgehead atoms. The van der Waals surface area contributed by atoms with E-state index < -0.39 is 53.9 Å². The number of aliphatic hydroxyl groups excluding tert-OH is 1. The number of benzene rings is 1. The Balaban J connectivity index is 2.99. The summed E-state index contributed by atoms with van der Waals surface area (Å²) in [5.74, 6) is -4.54. The molecule has 0 heterocycles. The average Bonchev–Trinajstić information content (AvgIpc) is 2.65. The van der Waals surface area contributed by atoms with Crippen LogP contribution in [0.5, 0.6) is 0 Å². The third-order valence-electron chi connectivity index (χ3n) is 4.31. The molecule has 0 aliphatic heterocycles. The third-order valence-corrected chi connectivity index (χ3v) is 4.31. The van der Waals surface area contributed by atoms with Crippen molar-refractivity contribution in [2.75, 3.05) is 0 Å². The van der Waals surface area contributed by atoms with Crippen molar-refractivity contribution in [1.29, 1.82) is 0 Å². The molecule has 0 fully saturated rings. The zero-order valence-corrected chi connectivity index (χ0v) is 17.4. The second-order valence-corrected chi connectivity index (χ2v) is 7.31. The van der Waals surface area contributed by atoms with Crippen molar-refractivity contribution >= 4 is 23.8 Å². The van der Waals surface area contributed by atoms with E-state index in [2.05, 4.69) is 5.32 Å². The first kappa shape index (κ1) is 25.1. The Hall–Kier alpha value is -2.98. The van der Waals surface area contributed by atoms with Gasteiger partial charge in [0.25, 0.3) is 5.91 Å². The summed E-state index contributed by atoms with van der Waals surface area (Å²) in [7, 11) is 0. The number of carbonyl (C=O) groups is 4. The second-order valence-electron chi connectivity index (χ2n) is 7.31. The molecule has 0 aliphatic carbocycles. The molecule has 30 heavy (non-hydrogen) atoms. The van der Waals surface area contributed by atoms with E-state index in [1.165, 1.54) is 6.92 Å². The minimum Gasteiger partial charge on any atom is -0.480 e. The van der Waals surface area contributed by atoms with Gasteiger partial charge in [0.2, 0.25) is 5.91 Å². The summed E-state index contributed by atoms with van der Waals surface area (Å²) in [5, 5.41) is 22.0. The zero-order valence-electron chi connectivity index (χ0n) is 17.4. The van der Waals surface area contributed by atoms with Gasteiger partial charge in [-0.25, -0.2) is 9.59 Å². The molecule has 2 amide bonds. The van der Waals surface area contributed by atoms with E-state index in [0.29, 0.717) is 5.06 Å². The SMILES string of the molecule is CC(=O)N(OC(=O)[C@@H](N)Cc1ccccc1)[C@H](C(=O)N[C@H](C(=O)O)C(C)C)[C@@H](C)O. The van der Waals surface area contributed by atoms with Crippen molar-refractivity contribution in [3.8, 4) is 0 Å². The molecule has 166 valence electrons. The van der Waals surface area contributed by atoms with Crippen LogP contribution in [0, 0.1) is 5.92 Å². The van der Waals surface area contributed by atoms with Gasteiger partial charge in [0.1, 0.15) is 12.1 Å². The monoisotopic (exact) mass is 423 g/mol. The summed E-state index contributed by atoms with van der Waals surface area (Å²) < 4.78 is 0. The van der Waals surface area contributed by atoms with Crippen LogP contribution in [0.3, 0.4) is 0 Å². The Labute approximate surface area is 174 Å². The van der Waals surface area contributed by atoms with Crippen LogP contribution in [-0.4, -0.2) is 63.3 Å². The number of amides is 2. The van der Waals surface area contributed by atoms with E-state index >= 15 is 0 Å². The number of nitrogens with one attached hydrogen (secondary N) is 1. The first-order valence-electron chi connectivity index (χ1n) is 9.48. The Morgan fingerprint density at radius 3 is 2.13 bits per heavy atom. The third kappa shape index (κ3) is 7.12. The van der Waals surface area contributed by atoms with E-state index in [1.807, 2.05) is 0 Å². The lowest BCUT2D eigenvalue weighted by atomic mass is 10.0. The van der Waals surface area contributed by atoms with Crippen LogP contribution < -0.4 is 11.1 Å². The van der Waals surface area contributed by atoms with Gasteiger partial charge in [-0.05, 0) is 24.8 Å². The maximum atomic E-state index is 12.6. The molecule has 5 N–H and O–H groups in total. The lowest BCUT2D eigenvalue weighted by Gasteiger charge is -2.31. The van der Waals surface area contributed by atoms with Crippen molar-refractivity contribution in [1.82, 2.24) is 10.4 Å². The van der Waals surface area contributed by atoms with Crippen molar-refractivity contribution in [3.63, 3.8) is 0 Å². The van der Waals surface area contributed by atoms with Crippen molar-refractivity contribution in [2.24, 2.45) is 11.7 Å². The molecule has 10 nitrogen and oxygen atoms in total. The topological polar surface area (TPSA) is 159 Å². The molecule has 1 aromatic carbocycles. The molecule has 4 atom stereocenters. The molecule has 0 aliphatic rings. The Kier molecular flexibility index (Phi) is 9.41. The first-order valence-corrected chi connectivity index (χ1v) is 9.48. The van der Waals surface area contributed by atoms with E-state index in [0.717, 1.165) is 12.5 Å². The van der Waals surface area contributed by atoms with Gasteiger partial charge in [0.05, 0.1) is 6.10 Å². The van der Waals surface area contributed by atoms with Gasteiger partial charge < -0.3 is 26.1 Å². The summed E-state index contributed by atoms with van der Waals surface area (Å²) in [6.07, 6.45) is -1.33. The highest BCUT2D eigenvalue weighted by Crippen LogP contribution is 2.12. The predicted octanol–water partition coefficient (Wildman–Crippen LogP) is -0.162. The predicted molar refractivity (Wildman–Crippen MR) is 107 cm³/mol. The molecule has 0 saturated carbocycles. The van der Waals surface area contributed by atoms with Crippen LogP contribution in [0.4, 0.5) is 0 Å². The van der Waals surface area contributed by atoms with Gasteiger partial charge in [-0.2, -0.15) is 5.06 Å². The number of carbonyl (C=O) groups excluding carboxylic acids is 3. The fourth-order valence-corrected chi connectivity index (χ4v) is 2.71. The first-order chi connectivity index (χ1) is 14.0. The minimum absolute atomic E-state index is 0.130. The van der Waals surface area contributed by atoms with E-state index in [4.69, 9.17) is 10.6 Å². The van der Waals surface area contributed by atoms with Gasteiger partial charge >= 0.3 is 11.9 Å². The van der Waals surface area contributed by atoms with Crippen LogP contribution in [0.15, 0.2) is 30.3 Å². The van der Waals surface area contributed by atoms with Crippen LogP contribution >= 0.6 is 0 Å². The number of hydrogen-bond acceptors (Lipinski definition) is 7. The van der Waals surface area contributed by atoms with E-state index in [-0.39, 0.29) is 6.42 Å². The normalized spacial score (nSPS) is 14.9. The molecule has 1 rings (SSSR count). The van der Waals surface area contributed by atoms with Crippen LogP contribution in [0.25, 0.3) is 0 Å². The molecule has 0 aromatic heterocycles. The highest BCUT2D eigenvalue weighted by molar-refractivity contribution is 5.90. The number of nitrogens with two attached hydrogens (primary N) is 1. The fraction of sp³-hybridized carbons (Fsp3) is 0.500. The highest BCUT2D eigenvalue weighted by Gasteiger charge is 2.38. The van der Waals surface area contributed by atoms with Crippen LogP contribution in [-0.2, 0) is 30.4 Å². The number of carboxylic acid groups (broad SMARTS) is 1. The van der Waals surface area contributed by atoms with Crippen molar-refractivity contribution in [3.05, 3.63) is 35.9 Å². The summed E-state index contributed by atoms with van der Waals surface area (Å²) in [6.45, 7) is 5.42. The van der Waals surface area contributed by atoms with E-state index in [1.54, 1.807) is 44.2 Å². The number of nitrogens with zero attached hydrogens (tertiary/aromatic N) is 1. The Morgan fingerprint density at radius 2 is 1.70 bits per heavy atom. The van der Waals surface area contributed by atoms with Gasteiger partial charge in [-0.1, -0.05) is 44.2 Å². The van der Waals surface area contributed by atoms with Crippen LogP contribution in [0.1, 0.15) is 33.3 Å². The maximum absolute atomic E-state index is 12.6. The summed E-state index contributed by atoms with van der Waals surface area (Å²) >= 11 is 0. The molecule has 1 aromatic rings. The number of aliphatic hydroxyl groups is 1. The lowest BCUT2D eigenvalue weighted by molar-refractivity contribution is -0.214. The molecular weight excluding hydrogens is 394 g/mol. The Bertz CT molecular complexity index is 752. The minimum atomic E-state index is -1.66. The molecular formula is C20H29N3O7. The number of aliphatic carboxylic acids is 1. The summed E-state index contributed by atoms with van der Waals surface area (Å²) in [5.41, 5.74) is 6.62. The van der Waals surface area contributed by atoms with Crippen LogP contribution in [0.2, 0.25) is 0 Å². The summed E-state index contributed by atoms with van der Waals surface area (Å²) in [4.78, 5) is 53.5. The van der Waals surface area contributed by atoms with Gasteiger partial charge in [-0.3, -0.25) is 9.59 Å². The zero-order chi connectivity index (χ0) is 23.0.